The second kappa shape index (κ2) is 12.6. The van der Waals surface area contributed by atoms with Crippen LogP contribution in [0.3, 0.4) is 0 Å². The van der Waals surface area contributed by atoms with Crippen LogP contribution in [0, 0.1) is 0 Å². The van der Waals surface area contributed by atoms with Crippen molar-refractivity contribution in [3.05, 3.63) is 0 Å². The van der Waals surface area contributed by atoms with Crippen molar-refractivity contribution in [2.24, 2.45) is 0 Å². The van der Waals surface area contributed by atoms with E-state index in [4.69, 9.17) is 0 Å². The van der Waals surface area contributed by atoms with Crippen LogP contribution in [0.25, 0.3) is 0 Å². The fraction of sp³-hybridized carbons (Fsp3) is 1.00. The Labute approximate surface area is 103 Å². The molecule has 0 spiro atoms. The van der Waals surface area contributed by atoms with Gasteiger partial charge in [0.25, 0.3) is 0 Å². The second-order valence-electron chi connectivity index (χ2n) is 5.33. The first-order valence-corrected chi connectivity index (χ1v) is 15.7. The normalized spacial score (nSPS) is 10.0. The monoisotopic (exact) mass is 268 g/mol. The third kappa shape index (κ3) is 53.3. The van der Waals surface area contributed by atoms with E-state index in [2.05, 4.69) is 57.0 Å². The van der Waals surface area contributed by atoms with Gasteiger partial charge in [-0.05, 0) is 0 Å². The van der Waals surface area contributed by atoms with Crippen molar-refractivity contribution >= 4 is 26.0 Å². The molecule has 0 atom stereocenters. The quantitative estimate of drug-likeness (QED) is 0.751. The summed E-state index contributed by atoms with van der Waals surface area (Å²) in [6.07, 6.45) is 0. The minimum atomic E-state index is -0.981. The van der Waals surface area contributed by atoms with Crippen LogP contribution in [-0.2, 0) is 0 Å². The lowest BCUT2D eigenvalue weighted by Gasteiger charge is -2.28. The molecule has 0 amide bonds. The van der Waals surface area contributed by atoms with E-state index in [1.807, 2.05) is 13.8 Å². The van der Waals surface area contributed by atoms with Crippen molar-refractivity contribution in [2.45, 2.75) is 66.2 Å². The lowest BCUT2D eigenvalue weighted by atomic mass is 11.0. The first kappa shape index (κ1) is 24.7. The number of hydrogen-bond donors (Lipinski definition) is 2. The Balaban J connectivity index is -0.0000000867. The zero-order valence-corrected chi connectivity index (χ0v) is 16.3. The first-order valence-electron chi connectivity index (χ1n) is 5.91. The van der Waals surface area contributed by atoms with E-state index in [9.17, 15) is 0 Å². The fourth-order valence-electron chi connectivity index (χ4n) is 1.12. The molecule has 98 valence electrons. The molecule has 2 nitrogen and oxygen atoms in total. The molecular weight excluding hydrogens is 232 g/mol. The van der Waals surface area contributed by atoms with Gasteiger partial charge in [0.05, 0.1) is 0 Å². The molecule has 0 saturated heterocycles. The molecule has 0 aromatic heterocycles. The van der Waals surface area contributed by atoms with Crippen LogP contribution in [0.1, 0.15) is 13.8 Å². The van der Waals surface area contributed by atoms with E-state index in [0.717, 1.165) is 0 Å². The van der Waals surface area contributed by atoms with Gasteiger partial charge < -0.3 is 10.8 Å². The summed E-state index contributed by atoms with van der Waals surface area (Å²) in [4.78, 5) is 0. The van der Waals surface area contributed by atoms with Gasteiger partial charge in [-0.2, -0.15) is 0 Å². The number of rotatable bonds is 2. The molecule has 0 aromatic rings. The van der Waals surface area contributed by atoms with Crippen LogP contribution in [0.5, 0.6) is 0 Å². The van der Waals surface area contributed by atoms with Crippen LogP contribution in [0.4, 0.5) is 0 Å². The molecule has 15 heavy (non-hydrogen) atoms. The van der Waals surface area contributed by atoms with E-state index in [-0.39, 0.29) is 6.15 Å². The van der Waals surface area contributed by atoms with Gasteiger partial charge in [-0.1, -0.05) is 66.2 Å². The van der Waals surface area contributed by atoms with Gasteiger partial charge in [-0.3, -0.25) is 0 Å². The molecule has 0 heterocycles. The first-order chi connectivity index (χ1) is 6.12. The molecule has 0 aliphatic carbocycles. The van der Waals surface area contributed by atoms with Crippen LogP contribution in [-0.4, -0.2) is 26.0 Å². The Morgan fingerprint density at radius 3 is 0.867 bits per heavy atom. The lowest BCUT2D eigenvalue weighted by molar-refractivity contribution is 1.30. The Morgan fingerprint density at radius 1 is 0.733 bits per heavy atom. The summed E-state index contributed by atoms with van der Waals surface area (Å²) in [6, 6.07) is 0. The summed E-state index contributed by atoms with van der Waals surface area (Å²) in [7, 11) is -1.55. The van der Waals surface area contributed by atoms with Gasteiger partial charge in [0, 0.05) is 9.52 Å². The average Bonchev–Trinajstić information content (AvgIpc) is 1.85. The third-order valence-electron chi connectivity index (χ3n) is 0.750. The molecule has 0 fully saturated rings. The molecule has 0 rings (SSSR count). The highest BCUT2D eigenvalue weighted by Gasteiger charge is 2.22. The summed E-state index contributed by atoms with van der Waals surface area (Å²) < 4.78 is 3.74. The minimum absolute atomic E-state index is 0. The Bertz CT molecular complexity index is 94.2. The highest BCUT2D eigenvalue weighted by atomic mass is 28.4. The van der Waals surface area contributed by atoms with Crippen molar-refractivity contribution < 1.29 is 0 Å². The maximum atomic E-state index is 3.74. The van der Waals surface area contributed by atoms with Gasteiger partial charge in [0.1, 0.15) is 16.5 Å². The van der Waals surface area contributed by atoms with E-state index in [1.54, 1.807) is 0 Å². The maximum absolute atomic E-state index is 3.74. The summed E-state index contributed by atoms with van der Waals surface area (Å²) in [5.41, 5.74) is 0. The molecule has 0 radical (unpaired) electrons. The van der Waals surface area contributed by atoms with E-state index >= 15 is 0 Å². The van der Waals surface area contributed by atoms with E-state index < -0.39 is 16.5 Å². The van der Waals surface area contributed by atoms with Crippen LogP contribution >= 0.6 is 0 Å². The Kier molecular flexibility index (Phi) is 20.8. The van der Waals surface area contributed by atoms with Crippen LogP contribution in [0.2, 0.25) is 52.4 Å². The second-order valence-corrected chi connectivity index (χ2v) is 16.7. The predicted octanol–water partition coefficient (Wildman–Crippen LogP) is 3.69. The largest absolute Gasteiger partial charge is 0.360 e. The van der Waals surface area contributed by atoms with Gasteiger partial charge >= 0.3 is 0 Å². The summed E-state index contributed by atoms with van der Waals surface area (Å²) in [6.45, 7) is 22.6. The highest BCUT2D eigenvalue weighted by molar-refractivity contribution is 6.90. The zero-order chi connectivity index (χ0) is 12.4. The molecular formula is C10H36N2Si3. The summed E-state index contributed by atoms with van der Waals surface area (Å²) in [5, 5.41) is 0. The number of nitrogens with one attached hydrogen (secondary N) is 1. The molecule has 5 heteroatoms. The predicted molar refractivity (Wildman–Crippen MR) is 86.5 cm³/mol. The number of hydrogen-bond acceptors (Lipinski definition) is 2. The highest BCUT2D eigenvalue weighted by Crippen LogP contribution is 2.02. The Hall–Kier alpha value is 0.571. The topological polar surface area (TPSA) is 47.0 Å². The van der Waals surface area contributed by atoms with E-state index in [1.165, 1.54) is 0 Å². The van der Waals surface area contributed by atoms with Crippen molar-refractivity contribution in [2.75, 3.05) is 0 Å². The van der Waals surface area contributed by atoms with Crippen LogP contribution in [0.15, 0.2) is 0 Å². The lowest BCUT2D eigenvalue weighted by Crippen LogP contribution is -2.55. The molecule has 4 N–H and O–H groups in total. The SMILES string of the molecule is CC.C[SiH2]C.C[Si](C)(C)N[Si](C)(C)C.N. The molecule has 0 aromatic carbocycles. The van der Waals surface area contributed by atoms with Crippen molar-refractivity contribution in [3.63, 3.8) is 0 Å². The molecule has 0 aliphatic heterocycles. The standard InChI is InChI=1S/C6H19NSi2.C2H8Si.C2H6.H3N/c1-8(2,3)7-9(4,5)6;1-3-2;1-2;/h7H,1-6H3;3H2,1-2H3;1-2H3;1H3. The van der Waals surface area contributed by atoms with Gasteiger partial charge in [0.15, 0.2) is 0 Å². The van der Waals surface area contributed by atoms with Crippen molar-refractivity contribution in [1.29, 1.82) is 0 Å². The third-order valence-corrected chi connectivity index (χ3v) is 6.75. The summed E-state index contributed by atoms with van der Waals surface area (Å²) >= 11 is 0. The van der Waals surface area contributed by atoms with Gasteiger partial charge in [-0.15, -0.1) is 0 Å². The average molecular weight is 269 g/mol. The maximum Gasteiger partial charge on any atom is 0.109 e. The molecule has 0 bridgehead atoms. The molecule has 0 unspecified atom stereocenters. The van der Waals surface area contributed by atoms with E-state index in [0.29, 0.717) is 9.52 Å². The van der Waals surface area contributed by atoms with Gasteiger partial charge in [-0.25, -0.2) is 0 Å². The van der Waals surface area contributed by atoms with Crippen LogP contribution < -0.4 is 10.8 Å². The van der Waals surface area contributed by atoms with Gasteiger partial charge in [0.2, 0.25) is 0 Å². The Morgan fingerprint density at radius 2 is 0.867 bits per heavy atom. The fourth-order valence-corrected chi connectivity index (χ4v) is 10.1. The minimum Gasteiger partial charge on any atom is -0.360 e. The van der Waals surface area contributed by atoms with Crippen molar-refractivity contribution in [3.8, 4) is 0 Å². The molecule has 0 saturated carbocycles. The molecule has 0 aliphatic rings. The van der Waals surface area contributed by atoms with Crippen molar-refractivity contribution in [1.82, 2.24) is 10.8 Å². The summed E-state index contributed by atoms with van der Waals surface area (Å²) in [5.74, 6) is 0. The zero-order valence-electron chi connectivity index (χ0n) is 12.9. The smallest absolute Gasteiger partial charge is 0.109 e.